The maximum atomic E-state index is 13.0. The van der Waals surface area contributed by atoms with Crippen LogP contribution in [0, 0.1) is 0 Å². The number of sulfonamides is 1. The summed E-state index contributed by atoms with van der Waals surface area (Å²) in [5.74, 6) is -0.942. The zero-order valence-electron chi connectivity index (χ0n) is 14.8. The second-order valence-electron chi connectivity index (χ2n) is 5.72. The smallest absolute Gasteiger partial charge is 0.416 e. The number of methoxy groups -OCH3 is 1. The van der Waals surface area contributed by atoms with Crippen LogP contribution in [0.2, 0.25) is 0 Å². The number of alkyl halides is 6. The summed E-state index contributed by atoms with van der Waals surface area (Å²) in [6, 6.07) is 5.08. The van der Waals surface area contributed by atoms with E-state index in [4.69, 9.17) is 0 Å². The molecule has 0 aliphatic heterocycles. The van der Waals surface area contributed by atoms with E-state index in [1.54, 1.807) is 0 Å². The molecule has 0 atom stereocenters. The molecule has 2 rings (SSSR count). The average molecular weight is 441 g/mol. The number of ether oxygens (including phenoxy) is 1. The van der Waals surface area contributed by atoms with Gasteiger partial charge < -0.3 is 4.74 Å². The van der Waals surface area contributed by atoms with E-state index in [1.165, 1.54) is 18.2 Å². The van der Waals surface area contributed by atoms with Gasteiger partial charge in [0.2, 0.25) is 0 Å². The molecular weight excluding hydrogens is 428 g/mol. The van der Waals surface area contributed by atoms with Gasteiger partial charge in [0.05, 0.1) is 34.4 Å². The molecule has 0 aromatic heterocycles. The van der Waals surface area contributed by atoms with Crippen LogP contribution >= 0.6 is 0 Å². The molecule has 0 aliphatic rings. The summed E-state index contributed by atoms with van der Waals surface area (Å²) in [4.78, 5) is 10.6. The van der Waals surface area contributed by atoms with Gasteiger partial charge in [-0.15, -0.1) is 0 Å². The molecular formula is C17H13F6NO4S. The molecule has 0 fully saturated rings. The van der Waals surface area contributed by atoms with Gasteiger partial charge in [0.1, 0.15) is 0 Å². The fourth-order valence-corrected chi connectivity index (χ4v) is 3.68. The number of rotatable bonds is 4. The number of hydrogen-bond acceptors (Lipinski definition) is 4. The number of carbonyl (C=O) groups is 1. The highest BCUT2D eigenvalue weighted by molar-refractivity contribution is 7.92. The Morgan fingerprint density at radius 3 is 1.86 bits per heavy atom. The number of para-hydroxylation sites is 1. The summed E-state index contributed by atoms with van der Waals surface area (Å²) >= 11 is 0. The number of halogens is 6. The average Bonchev–Trinajstić information content (AvgIpc) is 2.65. The molecule has 0 saturated heterocycles. The Bertz CT molecular complexity index is 999. The van der Waals surface area contributed by atoms with Crippen LogP contribution in [0.4, 0.5) is 32.0 Å². The summed E-state index contributed by atoms with van der Waals surface area (Å²) < 4.78 is 109. The van der Waals surface area contributed by atoms with E-state index in [0.717, 1.165) is 20.2 Å². The molecule has 0 saturated carbocycles. The molecule has 0 amide bonds. The van der Waals surface area contributed by atoms with Crippen LogP contribution in [0.3, 0.4) is 0 Å². The monoisotopic (exact) mass is 441 g/mol. The lowest BCUT2D eigenvalue weighted by molar-refractivity contribution is -0.143. The van der Waals surface area contributed by atoms with E-state index >= 15 is 0 Å². The van der Waals surface area contributed by atoms with E-state index < -0.39 is 44.4 Å². The van der Waals surface area contributed by atoms with Gasteiger partial charge in [0.15, 0.2) is 0 Å². The van der Waals surface area contributed by atoms with Crippen molar-refractivity contribution in [2.45, 2.75) is 17.2 Å². The molecule has 5 nitrogen and oxygen atoms in total. The summed E-state index contributed by atoms with van der Waals surface area (Å²) in [5, 5.41) is 0. The van der Waals surface area contributed by atoms with Crippen LogP contribution in [0.15, 0.2) is 47.4 Å². The molecule has 158 valence electrons. The van der Waals surface area contributed by atoms with Crippen molar-refractivity contribution in [2.75, 3.05) is 18.5 Å². The van der Waals surface area contributed by atoms with Gasteiger partial charge in [-0.3, -0.25) is 4.31 Å². The zero-order valence-corrected chi connectivity index (χ0v) is 15.6. The van der Waals surface area contributed by atoms with E-state index in [0.29, 0.717) is 4.31 Å². The third-order valence-electron chi connectivity index (χ3n) is 3.87. The lowest BCUT2D eigenvalue weighted by Gasteiger charge is -2.23. The normalized spacial score (nSPS) is 12.6. The first-order valence-electron chi connectivity index (χ1n) is 7.65. The molecule has 0 N–H and O–H groups in total. The minimum Gasteiger partial charge on any atom is -0.465 e. The molecule has 0 radical (unpaired) electrons. The van der Waals surface area contributed by atoms with Crippen molar-refractivity contribution in [3.05, 3.63) is 59.2 Å². The topological polar surface area (TPSA) is 63.7 Å². The molecule has 0 unspecified atom stereocenters. The first-order valence-corrected chi connectivity index (χ1v) is 9.09. The predicted molar refractivity (Wildman–Crippen MR) is 89.8 cm³/mol. The highest BCUT2D eigenvalue weighted by Gasteiger charge is 2.39. The van der Waals surface area contributed by atoms with Crippen molar-refractivity contribution >= 4 is 21.7 Å². The number of anilines is 1. The molecule has 2 aromatic rings. The minimum atomic E-state index is -5.21. The largest absolute Gasteiger partial charge is 0.465 e. The summed E-state index contributed by atoms with van der Waals surface area (Å²) in [7, 11) is -2.98. The van der Waals surface area contributed by atoms with E-state index in [-0.39, 0.29) is 29.4 Å². The fourth-order valence-electron chi connectivity index (χ4n) is 2.39. The highest BCUT2D eigenvalue weighted by Crippen LogP contribution is 2.38. The quantitative estimate of drug-likeness (QED) is 0.523. The van der Waals surface area contributed by atoms with Crippen LogP contribution in [-0.4, -0.2) is 28.5 Å². The Hall–Kier alpha value is -2.76. The summed E-state index contributed by atoms with van der Waals surface area (Å²) in [5.41, 5.74) is -4.09. The molecule has 29 heavy (non-hydrogen) atoms. The molecule has 2 aromatic carbocycles. The van der Waals surface area contributed by atoms with Crippen molar-refractivity contribution in [2.24, 2.45) is 0 Å². The van der Waals surface area contributed by atoms with Gasteiger partial charge in [0, 0.05) is 7.05 Å². The van der Waals surface area contributed by atoms with Crippen LogP contribution in [-0.2, 0) is 27.1 Å². The summed E-state index contributed by atoms with van der Waals surface area (Å²) in [6.07, 6.45) is -10.4. The number of hydrogen-bond donors (Lipinski definition) is 0. The van der Waals surface area contributed by atoms with Gasteiger partial charge >= 0.3 is 18.3 Å². The number of nitrogens with zero attached hydrogens (tertiary/aromatic N) is 1. The van der Waals surface area contributed by atoms with Crippen molar-refractivity contribution in [1.29, 1.82) is 0 Å². The first kappa shape index (κ1) is 22.5. The number of benzene rings is 2. The number of esters is 1. The second kappa shape index (κ2) is 7.58. The van der Waals surface area contributed by atoms with Gasteiger partial charge in [0.25, 0.3) is 10.0 Å². The summed E-state index contributed by atoms with van der Waals surface area (Å²) in [6.45, 7) is 0. The molecule has 12 heteroatoms. The van der Waals surface area contributed by atoms with Gasteiger partial charge in [-0.1, -0.05) is 12.1 Å². The van der Waals surface area contributed by atoms with Gasteiger partial charge in [-0.2, -0.15) is 26.3 Å². The maximum absolute atomic E-state index is 13.0. The third-order valence-corrected chi connectivity index (χ3v) is 5.62. The van der Waals surface area contributed by atoms with Gasteiger partial charge in [-0.25, -0.2) is 13.2 Å². The van der Waals surface area contributed by atoms with Crippen molar-refractivity contribution < 1.29 is 44.3 Å². The van der Waals surface area contributed by atoms with Crippen LogP contribution in [0.5, 0.6) is 0 Å². The lowest BCUT2D eigenvalue weighted by Crippen LogP contribution is -2.29. The van der Waals surface area contributed by atoms with Crippen molar-refractivity contribution in [1.82, 2.24) is 0 Å². The van der Waals surface area contributed by atoms with Crippen molar-refractivity contribution in [3.8, 4) is 0 Å². The SMILES string of the molecule is COC(=O)c1ccccc1N(C)S(=O)(=O)c1cc(C(F)(F)F)cc(C(F)(F)F)c1. The predicted octanol–water partition coefficient (Wildman–Crippen LogP) is 4.34. The zero-order chi connectivity index (χ0) is 22.2. The molecule has 0 aliphatic carbocycles. The van der Waals surface area contributed by atoms with Crippen LogP contribution < -0.4 is 4.31 Å². The maximum Gasteiger partial charge on any atom is 0.416 e. The third kappa shape index (κ3) is 4.63. The Balaban J connectivity index is 2.69. The Labute approximate surface area is 161 Å². The Morgan fingerprint density at radius 1 is 0.931 bits per heavy atom. The van der Waals surface area contributed by atoms with E-state index in [1.807, 2.05) is 0 Å². The number of carbonyl (C=O) groups excluding carboxylic acids is 1. The Kier molecular flexibility index (Phi) is 5.89. The first-order chi connectivity index (χ1) is 13.2. The van der Waals surface area contributed by atoms with E-state index in [2.05, 4.69) is 4.74 Å². The molecule has 0 spiro atoms. The van der Waals surface area contributed by atoms with E-state index in [9.17, 15) is 39.6 Å². The van der Waals surface area contributed by atoms with Crippen LogP contribution in [0.1, 0.15) is 21.5 Å². The Morgan fingerprint density at radius 2 is 1.41 bits per heavy atom. The highest BCUT2D eigenvalue weighted by atomic mass is 32.2. The standard InChI is InChI=1S/C17H13F6NO4S/c1-24(14-6-4-3-5-13(14)15(25)28-2)29(26,27)12-8-10(16(18,19)20)7-11(9-12)17(21,22)23/h3-9H,1-2H3. The molecule has 0 heterocycles. The molecule has 0 bridgehead atoms. The minimum absolute atomic E-state index is 0.0990. The van der Waals surface area contributed by atoms with Crippen LogP contribution in [0.25, 0.3) is 0 Å². The lowest BCUT2D eigenvalue weighted by atomic mass is 10.1. The fraction of sp³-hybridized carbons (Fsp3) is 0.235. The van der Waals surface area contributed by atoms with Crippen molar-refractivity contribution in [3.63, 3.8) is 0 Å². The second-order valence-corrected chi connectivity index (χ2v) is 7.69. The van der Waals surface area contributed by atoms with Gasteiger partial charge in [-0.05, 0) is 30.3 Å².